The predicted octanol–water partition coefficient (Wildman–Crippen LogP) is 4.28. The number of Topliss-reactive ketones (excluding diaryl/α,β-unsaturated/α-hetero) is 2. The van der Waals surface area contributed by atoms with Gasteiger partial charge >= 0.3 is 0 Å². The molecule has 134 valence electrons. The van der Waals surface area contributed by atoms with E-state index in [9.17, 15) is 14.4 Å². The quantitative estimate of drug-likeness (QED) is 0.756. The van der Waals surface area contributed by atoms with Crippen molar-refractivity contribution >= 4 is 29.1 Å². The Balaban J connectivity index is 1.79. The van der Waals surface area contributed by atoms with Gasteiger partial charge in [-0.25, -0.2) is 0 Å². The summed E-state index contributed by atoms with van der Waals surface area (Å²) >= 11 is 5.99. The third-order valence-electron chi connectivity index (χ3n) is 4.73. The normalized spacial score (nSPS) is 17.0. The van der Waals surface area contributed by atoms with Gasteiger partial charge in [-0.1, -0.05) is 41.9 Å². The number of nitrogens with zero attached hydrogens (tertiary/aromatic N) is 1. The number of benzene rings is 2. The number of halogens is 1. The van der Waals surface area contributed by atoms with Crippen LogP contribution in [0.25, 0.3) is 0 Å². The predicted molar refractivity (Wildman–Crippen MR) is 101 cm³/mol. The van der Waals surface area contributed by atoms with Crippen molar-refractivity contribution in [3.05, 3.63) is 70.2 Å². The second kappa shape index (κ2) is 7.83. The summed E-state index contributed by atoms with van der Waals surface area (Å²) in [6, 6.07) is 13.7. The Morgan fingerprint density at radius 1 is 1.04 bits per heavy atom. The molecule has 0 aromatic heterocycles. The van der Waals surface area contributed by atoms with Crippen molar-refractivity contribution in [1.82, 2.24) is 4.90 Å². The number of hydrogen-bond acceptors (Lipinski definition) is 3. The summed E-state index contributed by atoms with van der Waals surface area (Å²) in [5.74, 6) is -0.586. The molecule has 1 fully saturated rings. The third-order valence-corrected chi connectivity index (χ3v) is 4.96. The molecule has 1 saturated heterocycles. The van der Waals surface area contributed by atoms with E-state index < -0.39 is 0 Å². The van der Waals surface area contributed by atoms with Crippen LogP contribution in [0.4, 0.5) is 0 Å². The highest BCUT2D eigenvalue weighted by molar-refractivity contribution is 6.31. The summed E-state index contributed by atoms with van der Waals surface area (Å²) in [6.45, 7) is 2.40. The average molecular weight is 370 g/mol. The van der Waals surface area contributed by atoms with Crippen LogP contribution in [0.15, 0.2) is 48.5 Å². The van der Waals surface area contributed by atoms with E-state index >= 15 is 0 Å². The Hall–Kier alpha value is -2.46. The Labute approximate surface area is 157 Å². The molecule has 1 aliphatic rings. The largest absolute Gasteiger partial charge is 0.338 e. The molecular formula is C21H20ClNO3. The highest BCUT2D eigenvalue weighted by Crippen LogP contribution is 2.24. The maximum Gasteiger partial charge on any atom is 0.254 e. The van der Waals surface area contributed by atoms with Crippen LogP contribution in [0.2, 0.25) is 5.02 Å². The molecule has 0 saturated carbocycles. The minimum atomic E-state index is -0.254. The number of rotatable bonds is 4. The lowest BCUT2D eigenvalue weighted by atomic mass is 9.89. The topological polar surface area (TPSA) is 54.5 Å². The zero-order valence-electron chi connectivity index (χ0n) is 14.6. The Kier molecular flexibility index (Phi) is 5.52. The van der Waals surface area contributed by atoms with Crippen LogP contribution in [-0.2, 0) is 0 Å². The van der Waals surface area contributed by atoms with E-state index in [4.69, 9.17) is 11.6 Å². The lowest BCUT2D eigenvalue weighted by Gasteiger charge is -2.32. The molecular weight excluding hydrogens is 350 g/mol. The molecule has 1 aliphatic heterocycles. The van der Waals surface area contributed by atoms with E-state index in [-0.39, 0.29) is 23.4 Å². The maximum absolute atomic E-state index is 12.9. The van der Waals surface area contributed by atoms with E-state index in [1.807, 2.05) is 0 Å². The molecule has 4 nitrogen and oxygen atoms in total. The van der Waals surface area contributed by atoms with Gasteiger partial charge in [0, 0.05) is 35.2 Å². The van der Waals surface area contributed by atoms with E-state index in [1.54, 1.807) is 53.4 Å². The molecule has 5 heteroatoms. The molecule has 0 radical (unpaired) electrons. The van der Waals surface area contributed by atoms with Crippen LogP contribution in [0.3, 0.4) is 0 Å². The number of carbonyl (C=O) groups excluding carboxylic acids is 3. The van der Waals surface area contributed by atoms with Crippen LogP contribution < -0.4 is 0 Å². The molecule has 2 aromatic rings. The fourth-order valence-electron chi connectivity index (χ4n) is 3.40. The SMILES string of the molecule is CC(=O)c1ccccc1C(=O)N1CCCC(C(=O)c2cccc(Cl)c2)C1. The third kappa shape index (κ3) is 3.86. The zero-order valence-corrected chi connectivity index (χ0v) is 15.3. The first-order valence-corrected chi connectivity index (χ1v) is 9.04. The molecule has 1 unspecified atom stereocenters. The van der Waals surface area contributed by atoms with Gasteiger partial charge in [0.05, 0.1) is 5.56 Å². The molecule has 1 atom stereocenters. The maximum atomic E-state index is 12.9. The first-order valence-electron chi connectivity index (χ1n) is 8.66. The molecule has 3 rings (SSSR count). The van der Waals surface area contributed by atoms with Gasteiger partial charge in [-0.15, -0.1) is 0 Å². The number of piperidine rings is 1. The minimum Gasteiger partial charge on any atom is -0.338 e. The lowest BCUT2D eigenvalue weighted by Crippen LogP contribution is -2.42. The Morgan fingerprint density at radius 2 is 1.77 bits per heavy atom. The van der Waals surface area contributed by atoms with Crippen LogP contribution in [0.5, 0.6) is 0 Å². The number of hydrogen-bond donors (Lipinski definition) is 0. The highest BCUT2D eigenvalue weighted by Gasteiger charge is 2.30. The summed E-state index contributed by atoms with van der Waals surface area (Å²) in [6.07, 6.45) is 1.49. The van der Waals surface area contributed by atoms with Crippen molar-refractivity contribution in [2.24, 2.45) is 5.92 Å². The summed E-state index contributed by atoms with van der Waals surface area (Å²) in [4.78, 5) is 39.2. The van der Waals surface area contributed by atoms with E-state index in [2.05, 4.69) is 0 Å². The van der Waals surface area contributed by atoms with Crippen molar-refractivity contribution in [3.63, 3.8) is 0 Å². The van der Waals surface area contributed by atoms with Gasteiger partial charge in [-0.05, 0) is 38.0 Å². The van der Waals surface area contributed by atoms with Crippen LogP contribution in [0.1, 0.15) is 50.8 Å². The second-order valence-corrected chi connectivity index (χ2v) is 7.00. The standard InChI is InChI=1S/C21H20ClNO3/c1-14(24)18-9-2-3-10-19(18)21(26)23-11-5-7-16(13-23)20(25)15-6-4-8-17(22)12-15/h2-4,6,8-10,12,16H,5,7,11,13H2,1H3. The van der Waals surface area contributed by atoms with Crippen molar-refractivity contribution < 1.29 is 14.4 Å². The van der Waals surface area contributed by atoms with Gasteiger partial charge in [-0.2, -0.15) is 0 Å². The Bertz CT molecular complexity index is 862. The first kappa shape index (κ1) is 18.3. The van der Waals surface area contributed by atoms with Crippen molar-refractivity contribution in [2.75, 3.05) is 13.1 Å². The second-order valence-electron chi connectivity index (χ2n) is 6.57. The zero-order chi connectivity index (χ0) is 18.7. The summed E-state index contributed by atoms with van der Waals surface area (Å²) in [5, 5.41) is 0.523. The average Bonchev–Trinajstić information content (AvgIpc) is 2.67. The molecule has 26 heavy (non-hydrogen) atoms. The number of amides is 1. The summed E-state index contributed by atoms with van der Waals surface area (Å²) in [7, 11) is 0. The summed E-state index contributed by atoms with van der Waals surface area (Å²) in [5.41, 5.74) is 1.39. The van der Waals surface area contributed by atoms with Crippen LogP contribution in [-0.4, -0.2) is 35.5 Å². The molecule has 2 aromatic carbocycles. The van der Waals surface area contributed by atoms with E-state index in [1.165, 1.54) is 6.92 Å². The Morgan fingerprint density at radius 3 is 2.46 bits per heavy atom. The van der Waals surface area contributed by atoms with Crippen molar-refractivity contribution in [2.45, 2.75) is 19.8 Å². The van der Waals surface area contributed by atoms with E-state index in [0.717, 1.165) is 12.8 Å². The lowest BCUT2D eigenvalue weighted by molar-refractivity contribution is 0.0633. The fraction of sp³-hybridized carbons (Fsp3) is 0.286. The smallest absolute Gasteiger partial charge is 0.254 e. The highest BCUT2D eigenvalue weighted by atomic mass is 35.5. The van der Waals surface area contributed by atoms with Crippen LogP contribution >= 0.6 is 11.6 Å². The van der Waals surface area contributed by atoms with Gasteiger partial charge in [-0.3, -0.25) is 14.4 Å². The molecule has 1 amide bonds. The monoisotopic (exact) mass is 369 g/mol. The van der Waals surface area contributed by atoms with Gasteiger partial charge in [0.2, 0.25) is 0 Å². The summed E-state index contributed by atoms with van der Waals surface area (Å²) < 4.78 is 0. The minimum absolute atomic E-state index is 0.00449. The molecule has 1 heterocycles. The molecule has 0 N–H and O–H groups in total. The number of carbonyl (C=O) groups is 3. The number of ketones is 2. The molecule has 0 spiro atoms. The number of likely N-dealkylation sites (tertiary alicyclic amines) is 1. The molecule has 0 aliphatic carbocycles. The van der Waals surface area contributed by atoms with Crippen LogP contribution in [0, 0.1) is 5.92 Å². The van der Waals surface area contributed by atoms with Gasteiger partial charge in [0.25, 0.3) is 5.91 Å². The fourth-order valence-corrected chi connectivity index (χ4v) is 3.59. The van der Waals surface area contributed by atoms with Gasteiger partial charge in [0.15, 0.2) is 11.6 Å². The van der Waals surface area contributed by atoms with E-state index in [0.29, 0.717) is 34.8 Å². The van der Waals surface area contributed by atoms with Crippen molar-refractivity contribution in [1.29, 1.82) is 0 Å². The first-order chi connectivity index (χ1) is 12.5. The van der Waals surface area contributed by atoms with Gasteiger partial charge < -0.3 is 4.90 Å². The van der Waals surface area contributed by atoms with Gasteiger partial charge in [0.1, 0.15) is 0 Å². The molecule has 0 bridgehead atoms. The van der Waals surface area contributed by atoms with Crippen molar-refractivity contribution in [3.8, 4) is 0 Å².